The maximum absolute atomic E-state index is 13.1. The van der Waals surface area contributed by atoms with Gasteiger partial charge in [0.1, 0.15) is 5.75 Å². The van der Waals surface area contributed by atoms with Crippen molar-refractivity contribution in [1.29, 1.82) is 0 Å². The lowest BCUT2D eigenvalue weighted by molar-refractivity contribution is 0.0947. The van der Waals surface area contributed by atoms with E-state index in [1.54, 1.807) is 32.5 Å². The van der Waals surface area contributed by atoms with E-state index in [4.69, 9.17) is 4.74 Å². The Morgan fingerprint density at radius 1 is 1.00 bits per heavy atom. The number of pyridine rings is 1. The number of nitrogens with one attached hydrogen (secondary N) is 3. The zero-order valence-electron chi connectivity index (χ0n) is 20.3. The summed E-state index contributed by atoms with van der Waals surface area (Å²) >= 11 is 0. The van der Waals surface area contributed by atoms with Crippen LogP contribution in [0.4, 0.5) is 5.69 Å². The number of rotatable bonds is 8. The first-order valence-corrected chi connectivity index (χ1v) is 12.0. The van der Waals surface area contributed by atoms with Crippen LogP contribution < -0.4 is 20.7 Å². The number of carbonyl (C=O) groups excluding carboxylic acids is 2. The van der Waals surface area contributed by atoms with Crippen LogP contribution in [0.15, 0.2) is 72.9 Å². The highest BCUT2D eigenvalue weighted by Crippen LogP contribution is 2.37. The molecule has 36 heavy (non-hydrogen) atoms. The molecule has 7 nitrogen and oxygen atoms in total. The van der Waals surface area contributed by atoms with Crippen LogP contribution in [0.1, 0.15) is 39.1 Å². The van der Waals surface area contributed by atoms with Crippen LogP contribution in [-0.2, 0) is 6.54 Å². The van der Waals surface area contributed by atoms with Gasteiger partial charge in [-0.1, -0.05) is 42.5 Å². The number of amides is 2. The molecule has 0 spiro atoms. The van der Waals surface area contributed by atoms with Crippen molar-refractivity contribution in [3.63, 3.8) is 0 Å². The number of carbonyl (C=O) groups is 2. The Labute approximate surface area is 209 Å². The fourth-order valence-electron chi connectivity index (χ4n) is 4.20. The molecule has 0 unspecified atom stereocenters. The van der Waals surface area contributed by atoms with E-state index >= 15 is 0 Å². The molecule has 0 saturated heterocycles. The second-order valence-corrected chi connectivity index (χ2v) is 8.86. The van der Waals surface area contributed by atoms with Gasteiger partial charge in [0, 0.05) is 48.4 Å². The first kappa shape index (κ1) is 23.4. The van der Waals surface area contributed by atoms with Gasteiger partial charge in [-0.05, 0) is 42.2 Å². The van der Waals surface area contributed by atoms with Crippen molar-refractivity contribution in [2.75, 3.05) is 19.5 Å². The zero-order valence-corrected chi connectivity index (χ0v) is 20.3. The molecule has 1 heterocycles. The maximum Gasteiger partial charge on any atom is 0.255 e. The van der Waals surface area contributed by atoms with E-state index in [0.29, 0.717) is 23.4 Å². The number of aromatic nitrogens is 1. The highest BCUT2D eigenvalue weighted by atomic mass is 16.5. The van der Waals surface area contributed by atoms with Crippen LogP contribution in [0.25, 0.3) is 22.0 Å². The fraction of sp³-hybridized carbons (Fsp3) is 0.207. The van der Waals surface area contributed by atoms with Gasteiger partial charge in [-0.15, -0.1) is 0 Å². The van der Waals surface area contributed by atoms with E-state index in [0.717, 1.165) is 46.1 Å². The van der Waals surface area contributed by atoms with Crippen LogP contribution in [-0.4, -0.2) is 37.0 Å². The summed E-state index contributed by atoms with van der Waals surface area (Å²) in [6, 6.07) is 21.5. The zero-order chi connectivity index (χ0) is 25.1. The lowest BCUT2D eigenvalue weighted by Crippen LogP contribution is -2.26. The molecule has 4 aromatic rings. The summed E-state index contributed by atoms with van der Waals surface area (Å²) in [4.78, 5) is 29.7. The summed E-state index contributed by atoms with van der Waals surface area (Å²) in [7, 11) is 3.23. The number of fused-ring (bicyclic) bond motifs is 1. The summed E-state index contributed by atoms with van der Waals surface area (Å²) < 4.78 is 5.70. The summed E-state index contributed by atoms with van der Waals surface area (Å²) in [5.41, 5.74) is 5.38. The third-order valence-electron chi connectivity index (χ3n) is 6.34. The van der Waals surface area contributed by atoms with Gasteiger partial charge in [0.15, 0.2) is 0 Å². The van der Waals surface area contributed by atoms with Gasteiger partial charge in [0.25, 0.3) is 11.8 Å². The molecule has 0 radical (unpaired) electrons. The highest BCUT2D eigenvalue weighted by molar-refractivity contribution is 6.08. The van der Waals surface area contributed by atoms with Gasteiger partial charge < -0.3 is 20.7 Å². The molecule has 1 aliphatic carbocycles. The number of nitrogens with zero attached hydrogens (tertiary/aromatic N) is 1. The average Bonchev–Trinajstić information content (AvgIpc) is 3.75. The van der Waals surface area contributed by atoms with E-state index < -0.39 is 0 Å². The summed E-state index contributed by atoms with van der Waals surface area (Å²) in [5.74, 6) is 0.386. The van der Waals surface area contributed by atoms with E-state index in [1.807, 2.05) is 54.6 Å². The first-order chi connectivity index (χ1) is 17.6. The first-order valence-electron chi connectivity index (χ1n) is 12.0. The standard InChI is InChI=1S/C29H28N4O3/c1-30-28(34)20-10-8-19(9-11-20)22-14-23-25(15-26(22)36-2)31-17-24(29(35)33-21-12-13-21)27(23)32-16-18-6-4-3-5-7-18/h3-11,14-15,17,21H,12-13,16H2,1-2H3,(H,30,34)(H,31,32)(H,33,35). The van der Waals surface area contributed by atoms with E-state index in [-0.39, 0.29) is 17.9 Å². The Bertz CT molecular complexity index is 1410. The number of anilines is 1. The van der Waals surface area contributed by atoms with Gasteiger partial charge in [-0.3, -0.25) is 14.6 Å². The predicted molar refractivity (Wildman–Crippen MR) is 141 cm³/mol. The third kappa shape index (κ3) is 4.86. The molecular weight excluding hydrogens is 452 g/mol. The normalized spacial score (nSPS) is 12.7. The van der Waals surface area contributed by atoms with Crippen LogP contribution in [0.2, 0.25) is 0 Å². The fourth-order valence-corrected chi connectivity index (χ4v) is 4.20. The molecule has 7 heteroatoms. The molecule has 1 aliphatic rings. The topological polar surface area (TPSA) is 92.4 Å². The monoisotopic (exact) mass is 480 g/mol. The molecule has 1 fully saturated rings. The largest absolute Gasteiger partial charge is 0.496 e. The highest BCUT2D eigenvalue weighted by Gasteiger charge is 2.26. The van der Waals surface area contributed by atoms with Gasteiger partial charge in [0.2, 0.25) is 0 Å². The van der Waals surface area contributed by atoms with Crippen LogP contribution in [0.3, 0.4) is 0 Å². The smallest absolute Gasteiger partial charge is 0.255 e. The molecule has 5 rings (SSSR count). The van der Waals surface area contributed by atoms with Crippen molar-refractivity contribution in [3.8, 4) is 16.9 Å². The molecule has 3 aromatic carbocycles. The Morgan fingerprint density at radius 2 is 1.75 bits per heavy atom. The molecule has 182 valence electrons. The third-order valence-corrected chi connectivity index (χ3v) is 6.34. The minimum Gasteiger partial charge on any atom is -0.496 e. The molecule has 0 aliphatic heterocycles. The number of benzene rings is 3. The molecule has 0 bridgehead atoms. The number of methoxy groups -OCH3 is 1. The van der Waals surface area contributed by atoms with Crippen molar-refractivity contribution in [2.24, 2.45) is 0 Å². The Morgan fingerprint density at radius 3 is 2.42 bits per heavy atom. The van der Waals surface area contributed by atoms with Crippen LogP contribution in [0.5, 0.6) is 5.75 Å². The van der Waals surface area contributed by atoms with E-state index in [1.165, 1.54) is 0 Å². The van der Waals surface area contributed by atoms with Crippen molar-refractivity contribution >= 4 is 28.4 Å². The second kappa shape index (κ2) is 10.1. The van der Waals surface area contributed by atoms with E-state index in [9.17, 15) is 9.59 Å². The quantitative estimate of drug-likeness (QED) is 0.338. The second-order valence-electron chi connectivity index (χ2n) is 8.86. The summed E-state index contributed by atoms with van der Waals surface area (Å²) in [5, 5.41) is 10.0. The summed E-state index contributed by atoms with van der Waals surface area (Å²) in [6.45, 7) is 0.561. The van der Waals surface area contributed by atoms with Gasteiger partial charge in [-0.25, -0.2) is 0 Å². The molecule has 1 aromatic heterocycles. The maximum atomic E-state index is 13.1. The minimum atomic E-state index is -0.144. The molecular formula is C29H28N4O3. The lowest BCUT2D eigenvalue weighted by atomic mass is 9.98. The Balaban J connectivity index is 1.61. The van der Waals surface area contributed by atoms with Crippen LogP contribution in [0, 0.1) is 0 Å². The SMILES string of the molecule is CNC(=O)c1ccc(-c2cc3c(NCc4ccccc4)c(C(=O)NC4CC4)cnc3cc2OC)cc1. The lowest BCUT2D eigenvalue weighted by Gasteiger charge is -2.17. The minimum absolute atomic E-state index is 0.130. The number of hydrogen-bond acceptors (Lipinski definition) is 5. The van der Waals surface area contributed by atoms with Crippen molar-refractivity contribution < 1.29 is 14.3 Å². The predicted octanol–water partition coefficient (Wildman–Crippen LogP) is 4.77. The Kier molecular flexibility index (Phi) is 6.54. The molecule has 3 N–H and O–H groups in total. The van der Waals surface area contributed by atoms with Gasteiger partial charge in [0.05, 0.1) is 23.9 Å². The Hall–Kier alpha value is -4.39. The molecule has 1 saturated carbocycles. The van der Waals surface area contributed by atoms with Gasteiger partial charge >= 0.3 is 0 Å². The van der Waals surface area contributed by atoms with E-state index in [2.05, 4.69) is 20.9 Å². The van der Waals surface area contributed by atoms with Gasteiger partial charge in [-0.2, -0.15) is 0 Å². The molecule has 0 atom stereocenters. The van der Waals surface area contributed by atoms with Crippen molar-refractivity contribution in [2.45, 2.75) is 25.4 Å². The average molecular weight is 481 g/mol. The number of ether oxygens (including phenoxy) is 1. The summed E-state index contributed by atoms with van der Waals surface area (Å²) in [6.07, 6.45) is 3.64. The van der Waals surface area contributed by atoms with Crippen molar-refractivity contribution in [3.05, 3.63) is 89.6 Å². The van der Waals surface area contributed by atoms with Crippen molar-refractivity contribution in [1.82, 2.24) is 15.6 Å². The molecule has 2 amide bonds. The van der Waals surface area contributed by atoms with Crippen LogP contribution >= 0.6 is 0 Å². The number of hydrogen-bond donors (Lipinski definition) is 3.